The van der Waals surface area contributed by atoms with Crippen LogP contribution >= 0.6 is 12.4 Å². The highest BCUT2D eigenvalue weighted by atomic mass is 35.5. The molecule has 0 saturated heterocycles. The smallest absolute Gasteiger partial charge is 0.339 e. The number of hydrogen-bond acceptors (Lipinski definition) is 3. The lowest BCUT2D eigenvalue weighted by Crippen LogP contribution is -2.20. The van der Waals surface area contributed by atoms with Crippen molar-refractivity contribution in [2.75, 3.05) is 0 Å². The Morgan fingerprint density at radius 1 is 1.41 bits per heavy atom. The van der Waals surface area contributed by atoms with E-state index in [2.05, 4.69) is 0 Å². The first kappa shape index (κ1) is 15.6. The van der Waals surface area contributed by atoms with Gasteiger partial charge in [0.25, 0.3) is 6.43 Å². The highest BCUT2D eigenvalue weighted by molar-refractivity contribution is 5.91. The Hall–Kier alpha value is -1.40. The van der Waals surface area contributed by atoms with Crippen LogP contribution in [0.25, 0.3) is 0 Å². The molecule has 1 rings (SSSR count). The van der Waals surface area contributed by atoms with Gasteiger partial charge in [0, 0.05) is 5.56 Å². The number of benzene rings is 1. The van der Waals surface area contributed by atoms with Gasteiger partial charge in [0.15, 0.2) is 0 Å². The number of aromatic carboxylic acids is 1. The molecule has 0 fully saturated rings. The van der Waals surface area contributed by atoms with Crippen LogP contribution in [0, 0.1) is 6.92 Å². The third kappa shape index (κ3) is 3.28. The Bertz CT molecular complexity index is 426. The maximum Gasteiger partial charge on any atom is 0.339 e. The van der Waals surface area contributed by atoms with Gasteiger partial charge in [-0.05, 0) is 18.6 Å². The Morgan fingerprint density at radius 2 is 1.94 bits per heavy atom. The molecule has 0 bridgehead atoms. The summed E-state index contributed by atoms with van der Waals surface area (Å²) in [6.45, 7) is 1.54. The number of carboxylic acid groups (broad SMARTS) is 1. The molecular weight excluding hydrogens is 256 g/mol. The predicted octanol–water partition coefficient (Wildman–Crippen LogP) is 2.09. The largest absolute Gasteiger partial charge is 0.507 e. The molecule has 4 N–H and O–H groups in total. The van der Waals surface area contributed by atoms with Crippen LogP contribution in [0.5, 0.6) is 5.75 Å². The molecule has 0 aliphatic rings. The molecule has 0 aliphatic heterocycles. The van der Waals surface area contributed by atoms with Crippen LogP contribution in [-0.2, 0) is 0 Å². The van der Waals surface area contributed by atoms with E-state index in [1.165, 1.54) is 19.1 Å². The second-order valence-corrected chi connectivity index (χ2v) is 3.42. The van der Waals surface area contributed by atoms with Crippen LogP contribution in [-0.4, -0.2) is 22.6 Å². The lowest BCUT2D eigenvalue weighted by atomic mass is 10.00. The van der Waals surface area contributed by atoms with Crippen LogP contribution in [0.1, 0.15) is 27.5 Å². The molecule has 0 unspecified atom stereocenters. The zero-order chi connectivity index (χ0) is 12.5. The van der Waals surface area contributed by atoms with Crippen LogP contribution < -0.4 is 5.73 Å². The highest BCUT2D eigenvalue weighted by Crippen LogP contribution is 2.31. The first-order chi connectivity index (χ1) is 7.34. The molecule has 0 saturated carbocycles. The summed E-state index contributed by atoms with van der Waals surface area (Å²) < 4.78 is 24.8. The number of alkyl halides is 2. The number of rotatable bonds is 3. The van der Waals surface area contributed by atoms with Gasteiger partial charge in [0.2, 0.25) is 0 Å². The summed E-state index contributed by atoms with van der Waals surface area (Å²) in [6, 6.07) is 0.746. The minimum Gasteiger partial charge on any atom is -0.507 e. The molecular formula is C10H12ClF2NO3. The van der Waals surface area contributed by atoms with E-state index in [4.69, 9.17) is 10.8 Å². The molecule has 0 aromatic heterocycles. The molecule has 0 spiro atoms. The topological polar surface area (TPSA) is 83.5 Å². The number of hydrogen-bond donors (Lipinski definition) is 3. The van der Waals surface area contributed by atoms with Gasteiger partial charge in [-0.2, -0.15) is 0 Å². The molecule has 4 nitrogen and oxygen atoms in total. The SMILES string of the molecule is Cc1cc(C(=O)O)c(O)c([C@H](N)C(F)F)c1.Cl. The van der Waals surface area contributed by atoms with E-state index in [0.717, 1.165) is 0 Å². The zero-order valence-corrected chi connectivity index (χ0v) is 9.67. The number of phenols is 1. The molecule has 1 aromatic carbocycles. The molecule has 0 heterocycles. The summed E-state index contributed by atoms with van der Waals surface area (Å²) in [5.41, 5.74) is 4.94. The molecule has 7 heteroatoms. The Kier molecular flexibility index (Phi) is 5.31. The van der Waals surface area contributed by atoms with Crippen molar-refractivity contribution in [1.82, 2.24) is 0 Å². The number of nitrogens with two attached hydrogens (primary N) is 1. The Labute approximate surface area is 102 Å². The second-order valence-electron chi connectivity index (χ2n) is 3.42. The van der Waals surface area contributed by atoms with E-state index >= 15 is 0 Å². The van der Waals surface area contributed by atoms with Crippen molar-refractivity contribution >= 4 is 18.4 Å². The van der Waals surface area contributed by atoms with E-state index in [1.807, 2.05) is 0 Å². The second kappa shape index (κ2) is 5.79. The summed E-state index contributed by atoms with van der Waals surface area (Å²) in [6.07, 6.45) is -2.87. The summed E-state index contributed by atoms with van der Waals surface area (Å²) in [5, 5.41) is 18.3. The number of aryl methyl sites for hydroxylation is 1. The lowest BCUT2D eigenvalue weighted by Gasteiger charge is -2.15. The Balaban J connectivity index is 0.00000256. The molecule has 1 aromatic rings. The number of halogens is 3. The molecule has 1 atom stereocenters. The van der Waals surface area contributed by atoms with Gasteiger partial charge in [-0.25, -0.2) is 13.6 Å². The van der Waals surface area contributed by atoms with Crippen molar-refractivity contribution in [3.8, 4) is 5.75 Å². The van der Waals surface area contributed by atoms with Crippen molar-refractivity contribution in [2.45, 2.75) is 19.4 Å². The fourth-order valence-electron chi connectivity index (χ4n) is 1.36. The first-order valence-electron chi connectivity index (χ1n) is 4.45. The summed E-state index contributed by atoms with van der Waals surface area (Å²) in [4.78, 5) is 10.7. The molecule has 17 heavy (non-hydrogen) atoms. The maximum absolute atomic E-state index is 12.4. The minimum absolute atomic E-state index is 0. The van der Waals surface area contributed by atoms with Gasteiger partial charge in [0.1, 0.15) is 11.3 Å². The first-order valence-corrected chi connectivity index (χ1v) is 4.45. The van der Waals surface area contributed by atoms with Gasteiger partial charge in [0.05, 0.1) is 6.04 Å². The third-order valence-corrected chi connectivity index (χ3v) is 2.14. The van der Waals surface area contributed by atoms with Gasteiger partial charge in [-0.3, -0.25) is 0 Å². The molecule has 0 aliphatic carbocycles. The third-order valence-electron chi connectivity index (χ3n) is 2.14. The lowest BCUT2D eigenvalue weighted by molar-refractivity contribution is 0.0692. The van der Waals surface area contributed by atoms with Gasteiger partial charge >= 0.3 is 5.97 Å². The van der Waals surface area contributed by atoms with E-state index < -0.39 is 29.7 Å². The van der Waals surface area contributed by atoms with E-state index in [-0.39, 0.29) is 18.0 Å². The summed E-state index contributed by atoms with van der Waals surface area (Å²) >= 11 is 0. The average molecular weight is 268 g/mol. The standard InChI is InChI=1S/C10H11F2NO3.ClH/c1-4-2-5(7(13)9(11)12)8(14)6(3-4)10(15)16;/h2-3,7,9,14H,13H2,1H3,(H,15,16);1H/t7-;/m0./s1. The normalized spacial score (nSPS) is 12.1. The van der Waals surface area contributed by atoms with Crippen molar-refractivity contribution in [2.24, 2.45) is 5.73 Å². The fourth-order valence-corrected chi connectivity index (χ4v) is 1.36. The van der Waals surface area contributed by atoms with E-state index in [0.29, 0.717) is 5.56 Å². The van der Waals surface area contributed by atoms with Crippen LogP contribution in [0.15, 0.2) is 12.1 Å². The molecule has 0 radical (unpaired) electrons. The van der Waals surface area contributed by atoms with Crippen LogP contribution in [0.4, 0.5) is 8.78 Å². The average Bonchev–Trinajstić information content (AvgIpc) is 2.19. The van der Waals surface area contributed by atoms with Crippen molar-refractivity contribution in [3.63, 3.8) is 0 Å². The summed E-state index contributed by atoms with van der Waals surface area (Å²) in [5.74, 6) is -2.09. The zero-order valence-electron chi connectivity index (χ0n) is 8.85. The van der Waals surface area contributed by atoms with Gasteiger partial charge < -0.3 is 15.9 Å². The molecule has 0 amide bonds. The van der Waals surface area contributed by atoms with Gasteiger partial charge in [-0.1, -0.05) is 6.07 Å². The van der Waals surface area contributed by atoms with Crippen molar-refractivity contribution in [1.29, 1.82) is 0 Å². The monoisotopic (exact) mass is 267 g/mol. The van der Waals surface area contributed by atoms with Crippen molar-refractivity contribution < 1.29 is 23.8 Å². The predicted molar refractivity (Wildman–Crippen MR) is 60.0 cm³/mol. The fraction of sp³-hybridized carbons (Fsp3) is 0.300. The number of aromatic hydroxyl groups is 1. The number of carbonyl (C=O) groups is 1. The maximum atomic E-state index is 12.4. The Morgan fingerprint density at radius 3 is 2.35 bits per heavy atom. The van der Waals surface area contributed by atoms with E-state index in [1.54, 1.807) is 0 Å². The highest BCUT2D eigenvalue weighted by Gasteiger charge is 2.24. The van der Waals surface area contributed by atoms with E-state index in [9.17, 15) is 18.7 Å². The quantitative estimate of drug-likeness (QED) is 0.783. The van der Waals surface area contributed by atoms with Crippen LogP contribution in [0.3, 0.4) is 0 Å². The molecule has 96 valence electrons. The van der Waals surface area contributed by atoms with Crippen molar-refractivity contribution in [3.05, 3.63) is 28.8 Å². The number of carboxylic acids is 1. The minimum atomic E-state index is -2.87. The summed E-state index contributed by atoms with van der Waals surface area (Å²) in [7, 11) is 0. The van der Waals surface area contributed by atoms with Crippen LogP contribution in [0.2, 0.25) is 0 Å². The van der Waals surface area contributed by atoms with Gasteiger partial charge in [-0.15, -0.1) is 12.4 Å².